The van der Waals surface area contributed by atoms with Gasteiger partial charge in [-0.05, 0) is 59.6 Å². The molecule has 3 aromatic heterocycles. The maximum Gasteiger partial charge on any atom is 0.254 e. The third-order valence-corrected chi connectivity index (χ3v) is 6.10. The Morgan fingerprint density at radius 3 is 2.33 bits per heavy atom. The average molecular weight is 394 g/mol. The molecule has 0 spiro atoms. The van der Waals surface area contributed by atoms with Crippen LogP contribution in [0.1, 0.15) is 20.1 Å². The summed E-state index contributed by atoms with van der Waals surface area (Å²) in [4.78, 5) is 17.6. The molecule has 3 heterocycles. The van der Waals surface area contributed by atoms with Gasteiger partial charge in [0.15, 0.2) is 0 Å². The topological polar surface area (TPSA) is 38.1 Å². The Hall–Kier alpha value is -2.70. The summed E-state index contributed by atoms with van der Waals surface area (Å²) in [7, 11) is 0. The van der Waals surface area contributed by atoms with Gasteiger partial charge < -0.3 is 4.90 Å². The van der Waals surface area contributed by atoms with Gasteiger partial charge in [-0.2, -0.15) is 5.10 Å². The SMILES string of the molecule is O=C(c1ccc(-n2cccn2)cc1)N(CCc1cccs1)Cc1cccs1. The van der Waals surface area contributed by atoms with E-state index in [0.29, 0.717) is 18.7 Å². The maximum atomic E-state index is 13.1. The fraction of sp³-hybridized carbons (Fsp3) is 0.143. The first-order valence-corrected chi connectivity index (χ1v) is 10.5. The van der Waals surface area contributed by atoms with Crippen molar-refractivity contribution in [3.05, 3.63) is 93.1 Å². The van der Waals surface area contributed by atoms with Crippen LogP contribution in [0.25, 0.3) is 5.69 Å². The molecule has 0 N–H and O–H groups in total. The molecule has 27 heavy (non-hydrogen) atoms. The van der Waals surface area contributed by atoms with Gasteiger partial charge in [0.25, 0.3) is 5.91 Å². The fourth-order valence-corrected chi connectivity index (χ4v) is 4.32. The number of carbonyl (C=O) groups is 1. The summed E-state index contributed by atoms with van der Waals surface area (Å²) >= 11 is 3.42. The zero-order chi connectivity index (χ0) is 18.5. The second-order valence-electron chi connectivity index (χ2n) is 6.13. The van der Waals surface area contributed by atoms with Gasteiger partial charge in [0.2, 0.25) is 0 Å². The van der Waals surface area contributed by atoms with Gasteiger partial charge in [0.1, 0.15) is 0 Å². The number of carbonyl (C=O) groups excluding carboxylic acids is 1. The van der Waals surface area contributed by atoms with E-state index in [9.17, 15) is 4.79 Å². The molecule has 0 aliphatic rings. The van der Waals surface area contributed by atoms with E-state index < -0.39 is 0 Å². The van der Waals surface area contributed by atoms with Crippen molar-refractivity contribution >= 4 is 28.6 Å². The number of aromatic nitrogens is 2. The van der Waals surface area contributed by atoms with Crippen molar-refractivity contribution in [1.82, 2.24) is 14.7 Å². The van der Waals surface area contributed by atoms with Crippen molar-refractivity contribution in [3.63, 3.8) is 0 Å². The van der Waals surface area contributed by atoms with Crippen LogP contribution in [0.15, 0.2) is 77.8 Å². The average Bonchev–Trinajstić information content (AvgIpc) is 3.48. The van der Waals surface area contributed by atoms with Crippen molar-refractivity contribution in [1.29, 1.82) is 0 Å². The normalized spacial score (nSPS) is 10.8. The van der Waals surface area contributed by atoms with Crippen LogP contribution in [0.5, 0.6) is 0 Å². The minimum Gasteiger partial charge on any atom is -0.333 e. The van der Waals surface area contributed by atoms with Crippen LogP contribution in [0.4, 0.5) is 0 Å². The lowest BCUT2D eigenvalue weighted by atomic mass is 10.1. The lowest BCUT2D eigenvalue weighted by molar-refractivity contribution is 0.0747. The molecule has 0 saturated carbocycles. The van der Waals surface area contributed by atoms with Gasteiger partial charge in [0.05, 0.1) is 12.2 Å². The summed E-state index contributed by atoms with van der Waals surface area (Å²) in [5, 5.41) is 8.36. The first-order chi connectivity index (χ1) is 13.3. The molecule has 0 aliphatic heterocycles. The van der Waals surface area contributed by atoms with Crippen LogP contribution in [-0.2, 0) is 13.0 Å². The second-order valence-corrected chi connectivity index (χ2v) is 8.20. The van der Waals surface area contributed by atoms with E-state index >= 15 is 0 Å². The number of thiophene rings is 2. The van der Waals surface area contributed by atoms with Gasteiger partial charge in [-0.15, -0.1) is 22.7 Å². The molecular weight excluding hydrogens is 374 g/mol. The van der Waals surface area contributed by atoms with Crippen LogP contribution in [-0.4, -0.2) is 27.1 Å². The molecule has 0 unspecified atom stereocenters. The number of hydrogen-bond donors (Lipinski definition) is 0. The highest BCUT2D eigenvalue weighted by atomic mass is 32.1. The third kappa shape index (κ3) is 4.35. The van der Waals surface area contributed by atoms with Gasteiger partial charge in [-0.1, -0.05) is 12.1 Å². The minimum absolute atomic E-state index is 0.0620. The molecule has 1 amide bonds. The highest BCUT2D eigenvalue weighted by Gasteiger charge is 2.17. The first kappa shape index (κ1) is 17.7. The van der Waals surface area contributed by atoms with Crippen LogP contribution in [0.3, 0.4) is 0 Å². The molecule has 0 radical (unpaired) electrons. The summed E-state index contributed by atoms with van der Waals surface area (Å²) in [6.07, 6.45) is 4.51. The van der Waals surface area contributed by atoms with Crippen molar-refractivity contribution in [2.24, 2.45) is 0 Å². The van der Waals surface area contributed by atoms with Crippen molar-refractivity contribution in [2.45, 2.75) is 13.0 Å². The van der Waals surface area contributed by atoms with Crippen molar-refractivity contribution in [2.75, 3.05) is 6.54 Å². The van der Waals surface area contributed by atoms with Crippen molar-refractivity contribution < 1.29 is 4.79 Å². The van der Waals surface area contributed by atoms with Gasteiger partial charge in [-0.3, -0.25) is 4.79 Å². The van der Waals surface area contributed by atoms with E-state index in [2.05, 4.69) is 34.1 Å². The molecule has 4 aromatic rings. The van der Waals surface area contributed by atoms with Crippen LogP contribution < -0.4 is 0 Å². The quantitative estimate of drug-likeness (QED) is 0.449. The molecular formula is C21H19N3OS2. The third-order valence-electron chi connectivity index (χ3n) is 4.31. The zero-order valence-electron chi connectivity index (χ0n) is 14.7. The summed E-state index contributed by atoms with van der Waals surface area (Å²) in [6, 6.07) is 17.8. The molecule has 4 nitrogen and oxygen atoms in total. The highest BCUT2D eigenvalue weighted by molar-refractivity contribution is 7.10. The van der Waals surface area contributed by atoms with Crippen molar-refractivity contribution in [3.8, 4) is 5.69 Å². The molecule has 4 rings (SSSR count). The lowest BCUT2D eigenvalue weighted by Gasteiger charge is -2.22. The van der Waals surface area contributed by atoms with E-state index in [1.54, 1.807) is 33.6 Å². The van der Waals surface area contributed by atoms with E-state index in [1.807, 2.05) is 47.5 Å². The van der Waals surface area contributed by atoms with Crippen LogP contribution in [0, 0.1) is 0 Å². The monoisotopic (exact) mass is 393 g/mol. The number of amides is 1. The standard InChI is InChI=1S/C21H19N3OS2/c25-21(17-6-8-18(9-7-17)24-12-3-11-22-24)23(16-20-5-2-15-27-20)13-10-19-4-1-14-26-19/h1-9,11-12,14-15H,10,13,16H2. The maximum absolute atomic E-state index is 13.1. The number of hydrogen-bond acceptors (Lipinski definition) is 4. The molecule has 0 bridgehead atoms. The Morgan fingerprint density at radius 1 is 0.963 bits per heavy atom. The Bertz CT molecular complexity index is 959. The minimum atomic E-state index is 0.0620. The molecule has 6 heteroatoms. The number of benzene rings is 1. The summed E-state index contributed by atoms with van der Waals surface area (Å²) in [5.41, 5.74) is 1.65. The second kappa shape index (κ2) is 8.33. The Kier molecular flexibility index (Phi) is 5.46. The van der Waals surface area contributed by atoms with E-state index in [0.717, 1.165) is 12.1 Å². The van der Waals surface area contributed by atoms with E-state index in [4.69, 9.17) is 0 Å². The first-order valence-electron chi connectivity index (χ1n) is 8.74. The molecule has 136 valence electrons. The van der Waals surface area contributed by atoms with Crippen LogP contribution in [0.2, 0.25) is 0 Å². The van der Waals surface area contributed by atoms with E-state index in [-0.39, 0.29) is 5.91 Å². The summed E-state index contributed by atoms with van der Waals surface area (Å²) in [6.45, 7) is 1.35. The predicted octanol–water partition coefficient (Wildman–Crippen LogP) is 4.88. The molecule has 0 aliphatic carbocycles. The number of nitrogens with zero attached hydrogens (tertiary/aromatic N) is 3. The molecule has 0 fully saturated rings. The lowest BCUT2D eigenvalue weighted by Crippen LogP contribution is -2.32. The smallest absolute Gasteiger partial charge is 0.254 e. The van der Waals surface area contributed by atoms with Gasteiger partial charge in [-0.25, -0.2) is 4.68 Å². The van der Waals surface area contributed by atoms with E-state index in [1.165, 1.54) is 9.75 Å². The summed E-state index contributed by atoms with van der Waals surface area (Å²) < 4.78 is 1.79. The Morgan fingerprint density at radius 2 is 1.70 bits per heavy atom. The Balaban J connectivity index is 1.51. The summed E-state index contributed by atoms with van der Waals surface area (Å²) in [5.74, 6) is 0.0620. The Labute approximate surface area is 166 Å². The molecule has 1 aromatic carbocycles. The molecule has 0 saturated heterocycles. The molecule has 0 atom stereocenters. The fourth-order valence-electron chi connectivity index (χ4n) is 2.90. The predicted molar refractivity (Wildman–Crippen MR) is 111 cm³/mol. The van der Waals surface area contributed by atoms with Crippen LogP contribution >= 0.6 is 22.7 Å². The zero-order valence-corrected chi connectivity index (χ0v) is 16.3. The number of rotatable bonds is 7. The van der Waals surface area contributed by atoms with Gasteiger partial charge in [0, 0.05) is 34.3 Å². The largest absolute Gasteiger partial charge is 0.333 e. The highest BCUT2D eigenvalue weighted by Crippen LogP contribution is 2.18. The van der Waals surface area contributed by atoms with Gasteiger partial charge >= 0.3 is 0 Å².